The Hall–Kier alpha value is -2.31. The lowest BCUT2D eigenvalue weighted by molar-refractivity contribution is -0.385. The van der Waals surface area contributed by atoms with Crippen LogP contribution in [0.15, 0.2) is 42.7 Å². The van der Waals surface area contributed by atoms with Gasteiger partial charge in [0.05, 0.1) is 11.5 Å². The van der Waals surface area contributed by atoms with Crippen molar-refractivity contribution in [2.24, 2.45) is 0 Å². The first kappa shape index (κ1) is 16.1. The Balaban J connectivity index is 2.14. The van der Waals surface area contributed by atoms with E-state index in [2.05, 4.69) is 4.98 Å². The zero-order valence-electron chi connectivity index (χ0n) is 12.5. The number of aliphatic hydroxyl groups is 1. The molecule has 0 aliphatic rings. The minimum atomic E-state index is -0.365. The first-order valence-electron chi connectivity index (χ1n) is 7.06. The van der Waals surface area contributed by atoms with Gasteiger partial charge in [0.25, 0.3) is 5.69 Å². The SMILES string of the molecule is Cc1ccc(CN(CCO)Cc2cccnc2)cc1[N+](=O)[O-]. The minimum absolute atomic E-state index is 0.0359. The van der Waals surface area contributed by atoms with Crippen LogP contribution in [0, 0.1) is 17.0 Å². The third kappa shape index (κ3) is 4.34. The largest absolute Gasteiger partial charge is 0.395 e. The molecule has 0 fully saturated rings. The zero-order chi connectivity index (χ0) is 15.9. The number of nitro benzene ring substituents is 1. The van der Waals surface area contributed by atoms with Crippen LogP contribution in [0.1, 0.15) is 16.7 Å². The number of aliphatic hydroxyl groups excluding tert-OH is 1. The molecule has 0 atom stereocenters. The van der Waals surface area contributed by atoms with Gasteiger partial charge >= 0.3 is 0 Å². The van der Waals surface area contributed by atoms with Crippen molar-refractivity contribution in [3.63, 3.8) is 0 Å². The molecule has 22 heavy (non-hydrogen) atoms. The Bertz CT molecular complexity index is 632. The fourth-order valence-electron chi connectivity index (χ4n) is 2.31. The van der Waals surface area contributed by atoms with Crippen molar-refractivity contribution in [1.82, 2.24) is 9.88 Å². The summed E-state index contributed by atoms with van der Waals surface area (Å²) in [6, 6.07) is 9.08. The van der Waals surface area contributed by atoms with Gasteiger partial charge in [-0.25, -0.2) is 0 Å². The lowest BCUT2D eigenvalue weighted by Gasteiger charge is -2.21. The van der Waals surface area contributed by atoms with Crippen LogP contribution in [0.4, 0.5) is 5.69 Å². The zero-order valence-corrected chi connectivity index (χ0v) is 12.5. The highest BCUT2D eigenvalue weighted by atomic mass is 16.6. The van der Waals surface area contributed by atoms with Crippen LogP contribution >= 0.6 is 0 Å². The monoisotopic (exact) mass is 301 g/mol. The average molecular weight is 301 g/mol. The second-order valence-electron chi connectivity index (χ2n) is 5.17. The van der Waals surface area contributed by atoms with Gasteiger partial charge in [-0.3, -0.25) is 20.0 Å². The summed E-state index contributed by atoms with van der Waals surface area (Å²) >= 11 is 0. The van der Waals surface area contributed by atoms with Crippen molar-refractivity contribution in [1.29, 1.82) is 0 Å². The molecule has 0 spiro atoms. The number of pyridine rings is 1. The minimum Gasteiger partial charge on any atom is -0.395 e. The van der Waals surface area contributed by atoms with Gasteiger partial charge in [-0.05, 0) is 24.1 Å². The van der Waals surface area contributed by atoms with Crippen molar-refractivity contribution < 1.29 is 10.0 Å². The molecule has 116 valence electrons. The number of nitro groups is 1. The molecule has 6 nitrogen and oxygen atoms in total. The summed E-state index contributed by atoms with van der Waals surface area (Å²) in [7, 11) is 0. The summed E-state index contributed by atoms with van der Waals surface area (Å²) in [5.74, 6) is 0. The van der Waals surface area contributed by atoms with Gasteiger partial charge in [0.15, 0.2) is 0 Å². The maximum absolute atomic E-state index is 11.0. The van der Waals surface area contributed by atoms with E-state index in [4.69, 9.17) is 0 Å². The predicted octanol–water partition coefficient (Wildman–Crippen LogP) is 2.29. The molecule has 2 rings (SSSR count). The Morgan fingerprint density at radius 1 is 1.27 bits per heavy atom. The van der Waals surface area contributed by atoms with Crippen molar-refractivity contribution in [3.8, 4) is 0 Å². The van der Waals surface area contributed by atoms with E-state index in [-0.39, 0.29) is 17.2 Å². The van der Waals surface area contributed by atoms with Gasteiger partial charge in [-0.1, -0.05) is 18.2 Å². The summed E-state index contributed by atoms with van der Waals surface area (Å²) in [6.45, 7) is 3.43. The maximum Gasteiger partial charge on any atom is 0.272 e. The van der Waals surface area contributed by atoms with E-state index < -0.39 is 0 Å². The molecule has 6 heteroatoms. The lowest BCUT2D eigenvalue weighted by atomic mass is 10.1. The second kappa shape index (κ2) is 7.63. The van der Waals surface area contributed by atoms with Crippen LogP contribution in [-0.4, -0.2) is 33.1 Å². The van der Waals surface area contributed by atoms with E-state index in [9.17, 15) is 15.2 Å². The number of rotatable bonds is 7. The van der Waals surface area contributed by atoms with Crippen molar-refractivity contribution >= 4 is 5.69 Å². The topological polar surface area (TPSA) is 79.5 Å². The van der Waals surface area contributed by atoms with E-state index in [1.165, 1.54) is 0 Å². The van der Waals surface area contributed by atoms with Crippen LogP contribution in [0.5, 0.6) is 0 Å². The van der Waals surface area contributed by atoms with Gasteiger partial charge in [0.2, 0.25) is 0 Å². The van der Waals surface area contributed by atoms with Crippen molar-refractivity contribution in [2.75, 3.05) is 13.2 Å². The number of nitrogens with zero attached hydrogens (tertiary/aromatic N) is 3. The highest BCUT2D eigenvalue weighted by Crippen LogP contribution is 2.20. The molecule has 0 radical (unpaired) electrons. The van der Waals surface area contributed by atoms with Crippen LogP contribution < -0.4 is 0 Å². The van der Waals surface area contributed by atoms with Crippen LogP contribution in [0.2, 0.25) is 0 Å². The van der Waals surface area contributed by atoms with Crippen molar-refractivity contribution in [2.45, 2.75) is 20.0 Å². The third-order valence-corrected chi connectivity index (χ3v) is 3.42. The third-order valence-electron chi connectivity index (χ3n) is 3.42. The Labute approximate surface area is 129 Å². The highest BCUT2D eigenvalue weighted by molar-refractivity contribution is 5.42. The molecule has 1 aromatic carbocycles. The van der Waals surface area contributed by atoms with E-state index in [1.807, 2.05) is 23.1 Å². The molecule has 0 bridgehead atoms. The molecule has 0 aliphatic carbocycles. The summed E-state index contributed by atoms with van der Waals surface area (Å²) in [5, 5.41) is 20.2. The van der Waals surface area contributed by atoms with Gasteiger partial charge in [-0.2, -0.15) is 0 Å². The van der Waals surface area contributed by atoms with Crippen LogP contribution in [0.3, 0.4) is 0 Å². The fourth-order valence-corrected chi connectivity index (χ4v) is 2.31. The summed E-state index contributed by atoms with van der Waals surface area (Å²) in [6.07, 6.45) is 3.49. The second-order valence-corrected chi connectivity index (χ2v) is 5.17. The molecule has 0 amide bonds. The summed E-state index contributed by atoms with van der Waals surface area (Å²) < 4.78 is 0. The number of hydrogen-bond acceptors (Lipinski definition) is 5. The summed E-state index contributed by atoms with van der Waals surface area (Å²) in [4.78, 5) is 16.8. The highest BCUT2D eigenvalue weighted by Gasteiger charge is 2.13. The molecular weight excluding hydrogens is 282 g/mol. The molecule has 1 aromatic heterocycles. The van der Waals surface area contributed by atoms with Gasteiger partial charge in [-0.15, -0.1) is 0 Å². The molecule has 0 unspecified atom stereocenters. The van der Waals surface area contributed by atoms with Crippen molar-refractivity contribution in [3.05, 3.63) is 69.5 Å². The Morgan fingerprint density at radius 3 is 2.68 bits per heavy atom. The van der Waals surface area contributed by atoms with E-state index in [0.29, 0.717) is 25.2 Å². The number of aryl methyl sites for hydroxylation is 1. The van der Waals surface area contributed by atoms with Gasteiger partial charge in [0.1, 0.15) is 0 Å². The molecular formula is C16H19N3O3. The number of benzene rings is 1. The first-order valence-corrected chi connectivity index (χ1v) is 7.06. The standard InChI is InChI=1S/C16H19N3O3/c1-13-4-5-14(9-16(13)19(21)22)11-18(7-8-20)12-15-3-2-6-17-10-15/h2-6,9-10,20H,7-8,11-12H2,1H3. The van der Waals surface area contributed by atoms with Crippen LogP contribution in [0.25, 0.3) is 0 Å². The smallest absolute Gasteiger partial charge is 0.272 e. The predicted molar refractivity (Wildman–Crippen MR) is 83.3 cm³/mol. The number of aromatic nitrogens is 1. The average Bonchev–Trinajstić information content (AvgIpc) is 2.50. The first-order chi connectivity index (χ1) is 10.6. The van der Waals surface area contributed by atoms with E-state index in [1.54, 1.807) is 31.5 Å². The molecule has 0 aliphatic heterocycles. The fraction of sp³-hybridized carbons (Fsp3) is 0.312. The summed E-state index contributed by atoms with van der Waals surface area (Å²) in [5.41, 5.74) is 2.67. The van der Waals surface area contributed by atoms with E-state index >= 15 is 0 Å². The molecule has 1 N–H and O–H groups in total. The van der Waals surface area contributed by atoms with Gasteiger partial charge < -0.3 is 5.11 Å². The van der Waals surface area contributed by atoms with Crippen LogP contribution in [-0.2, 0) is 13.1 Å². The lowest BCUT2D eigenvalue weighted by Crippen LogP contribution is -2.26. The number of hydrogen-bond donors (Lipinski definition) is 1. The molecule has 2 aromatic rings. The maximum atomic E-state index is 11.0. The van der Waals surface area contributed by atoms with Gasteiger partial charge in [0, 0.05) is 43.7 Å². The molecule has 1 heterocycles. The molecule has 0 saturated heterocycles. The van der Waals surface area contributed by atoms with E-state index in [0.717, 1.165) is 11.1 Å². The quantitative estimate of drug-likeness (QED) is 0.627. The normalized spacial score (nSPS) is 10.9. The molecule has 0 saturated carbocycles. The Morgan fingerprint density at radius 2 is 2.05 bits per heavy atom. The Kier molecular flexibility index (Phi) is 5.57.